The molecule has 1 aromatic carbocycles. The Balaban J connectivity index is 0.00000256. The van der Waals surface area contributed by atoms with E-state index in [9.17, 15) is 4.79 Å². The number of benzene rings is 1. The molecule has 0 radical (unpaired) electrons. The zero-order valence-electron chi connectivity index (χ0n) is 18.2. The fourth-order valence-corrected chi connectivity index (χ4v) is 5.42. The Labute approximate surface area is 190 Å². The van der Waals surface area contributed by atoms with Crippen LogP contribution in [0.25, 0.3) is 11.0 Å². The summed E-state index contributed by atoms with van der Waals surface area (Å²) in [6.07, 6.45) is 8.32. The summed E-state index contributed by atoms with van der Waals surface area (Å²) in [7, 11) is 0. The molecule has 2 heterocycles. The molecule has 0 bridgehead atoms. The maximum atomic E-state index is 12.7. The van der Waals surface area contributed by atoms with Crippen molar-refractivity contribution in [3.63, 3.8) is 0 Å². The number of hydrogen-bond donors (Lipinski definition) is 1. The molecule has 168 valence electrons. The van der Waals surface area contributed by atoms with Crippen LogP contribution in [0, 0.1) is 0 Å². The smallest absolute Gasteiger partial charge is 0.326 e. The van der Waals surface area contributed by atoms with Gasteiger partial charge in [0.25, 0.3) is 0 Å². The van der Waals surface area contributed by atoms with E-state index in [2.05, 4.69) is 29.8 Å². The normalized spacial score (nSPS) is 26.0. The first-order chi connectivity index (χ1) is 14.0. The lowest BCUT2D eigenvalue weighted by molar-refractivity contribution is -0.0305. The standard InChI is InChI=1S/C23H34ClN3O2.ClH/c1-3-14-29-19-6-10-23(2,11-7-19)26-12-8-18(9-13-26)27-21-15-17(16-24)4-5-20(21)25-22(27)28;/h4-5,15,18-19H,3,6-14,16H2,1-2H3,(H,25,28);1H. The van der Waals surface area contributed by atoms with Gasteiger partial charge in [-0.3, -0.25) is 9.47 Å². The Kier molecular flexibility index (Phi) is 7.94. The summed E-state index contributed by atoms with van der Waals surface area (Å²) in [4.78, 5) is 18.3. The van der Waals surface area contributed by atoms with Crippen molar-refractivity contribution in [3.05, 3.63) is 34.2 Å². The van der Waals surface area contributed by atoms with Gasteiger partial charge >= 0.3 is 5.69 Å². The number of ether oxygens (including phenoxy) is 1. The van der Waals surface area contributed by atoms with E-state index in [0.717, 1.165) is 55.6 Å². The van der Waals surface area contributed by atoms with Gasteiger partial charge in [0.1, 0.15) is 0 Å². The molecule has 0 amide bonds. The van der Waals surface area contributed by atoms with Crippen molar-refractivity contribution in [1.29, 1.82) is 0 Å². The lowest BCUT2D eigenvalue weighted by atomic mass is 9.79. The summed E-state index contributed by atoms with van der Waals surface area (Å²) in [5.41, 5.74) is 3.23. The Morgan fingerprint density at radius 1 is 1.20 bits per heavy atom. The molecule has 1 saturated heterocycles. The third-order valence-electron chi connectivity index (χ3n) is 7.10. The van der Waals surface area contributed by atoms with Crippen molar-refractivity contribution in [3.8, 4) is 0 Å². The van der Waals surface area contributed by atoms with Crippen LogP contribution >= 0.6 is 24.0 Å². The summed E-state index contributed by atoms with van der Waals surface area (Å²) in [5.74, 6) is 0.467. The zero-order valence-corrected chi connectivity index (χ0v) is 19.7. The first kappa shape index (κ1) is 23.6. The summed E-state index contributed by atoms with van der Waals surface area (Å²) < 4.78 is 7.96. The highest BCUT2D eigenvalue weighted by Gasteiger charge is 2.38. The van der Waals surface area contributed by atoms with Crippen LogP contribution in [0.5, 0.6) is 0 Å². The number of aromatic nitrogens is 2. The Morgan fingerprint density at radius 3 is 2.53 bits per heavy atom. The minimum Gasteiger partial charge on any atom is -0.378 e. The fraction of sp³-hybridized carbons (Fsp3) is 0.696. The monoisotopic (exact) mass is 455 g/mol. The van der Waals surface area contributed by atoms with Crippen molar-refractivity contribution in [2.24, 2.45) is 0 Å². The number of likely N-dealkylation sites (tertiary alicyclic amines) is 1. The van der Waals surface area contributed by atoms with E-state index in [1.807, 2.05) is 16.7 Å². The number of hydrogen-bond acceptors (Lipinski definition) is 3. The van der Waals surface area contributed by atoms with Gasteiger partial charge < -0.3 is 9.72 Å². The molecule has 0 spiro atoms. The number of rotatable bonds is 6. The van der Waals surface area contributed by atoms with E-state index in [4.69, 9.17) is 16.3 Å². The molecular weight excluding hydrogens is 421 g/mol. The molecule has 30 heavy (non-hydrogen) atoms. The van der Waals surface area contributed by atoms with Crippen LogP contribution in [0.1, 0.15) is 70.4 Å². The van der Waals surface area contributed by atoms with Gasteiger partial charge in [-0.15, -0.1) is 24.0 Å². The summed E-state index contributed by atoms with van der Waals surface area (Å²) in [5, 5.41) is 0. The number of piperidine rings is 1. The number of alkyl halides is 1. The molecule has 7 heteroatoms. The number of imidazole rings is 1. The van der Waals surface area contributed by atoms with Gasteiger partial charge in [0, 0.05) is 37.2 Å². The van der Waals surface area contributed by atoms with E-state index >= 15 is 0 Å². The van der Waals surface area contributed by atoms with Crippen molar-refractivity contribution in [2.45, 2.75) is 82.4 Å². The molecule has 2 fully saturated rings. The maximum Gasteiger partial charge on any atom is 0.326 e. The van der Waals surface area contributed by atoms with E-state index in [0.29, 0.717) is 12.0 Å². The van der Waals surface area contributed by atoms with E-state index in [1.165, 1.54) is 25.7 Å². The Morgan fingerprint density at radius 2 is 1.90 bits per heavy atom. The molecule has 4 rings (SSSR count). The van der Waals surface area contributed by atoms with Crippen molar-refractivity contribution in [2.75, 3.05) is 19.7 Å². The van der Waals surface area contributed by atoms with Crippen LogP contribution in [0.4, 0.5) is 0 Å². The molecule has 1 N–H and O–H groups in total. The van der Waals surface area contributed by atoms with E-state index in [-0.39, 0.29) is 29.7 Å². The minimum absolute atomic E-state index is 0. The quantitative estimate of drug-likeness (QED) is 0.604. The molecule has 5 nitrogen and oxygen atoms in total. The number of halogens is 2. The highest BCUT2D eigenvalue weighted by Crippen LogP contribution is 2.38. The SMILES string of the molecule is CCCOC1CCC(C)(N2CCC(n3c(=O)[nH]c4ccc(CCl)cc43)CC2)CC1.Cl. The van der Waals surface area contributed by atoms with Crippen LogP contribution in [-0.2, 0) is 10.6 Å². The molecule has 1 aromatic heterocycles. The van der Waals surface area contributed by atoms with Crippen molar-refractivity contribution < 1.29 is 4.74 Å². The fourth-order valence-electron chi connectivity index (χ4n) is 5.26. The molecular formula is C23H35Cl2N3O2. The van der Waals surface area contributed by atoms with Crippen LogP contribution < -0.4 is 5.69 Å². The Bertz CT molecular complexity index is 878. The lowest BCUT2D eigenvalue weighted by Gasteiger charge is -2.48. The highest BCUT2D eigenvalue weighted by atomic mass is 35.5. The van der Waals surface area contributed by atoms with Gasteiger partial charge in [0.15, 0.2) is 0 Å². The molecule has 0 unspecified atom stereocenters. The first-order valence-corrected chi connectivity index (χ1v) is 11.7. The number of fused-ring (bicyclic) bond motifs is 1. The topological polar surface area (TPSA) is 50.3 Å². The third kappa shape index (κ3) is 4.74. The highest BCUT2D eigenvalue weighted by molar-refractivity contribution is 6.17. The predicted octanol–water partition coefficient (Wildman–Crippen LogP) is 5.26. The van der Waals surface area contributed by atoms with Gasteiger partial charge in [-0.2, -0.15) is 0 Å². The maximum absolute atomic E-state index is 12.7. The van der Waals surface area contributed by atoms with Crippen LogP contribution in [0.3, 0.4) is 0 Å². The Hall–Kier alpha value is -1.01. The van der Waals surface area contributed by atoms with Gasteiger partial charge in [0.05, 0.1) is 17.1 Å². The van der Waals surface area contributed by atoms with Gasteiger partial charge in [-0.1, -0.05) is 13.0 Å². The molecule has 0 atom stereocenters. The van der Waals surface area contributed by atoms with E-state index < -0.39 is 0 Å². The number of aromatic amines is 1. The van der Waals surface area contributed by atoms with Gasteiger partial charge in [0.2, 0.25) is 0 Å². The number of nitrogens with zero attached hydrogens (tertiary/aromatic N) is 2. The molecule has 1 aliphatic heterocycles. The second-order valence-corrected chi connectivity index (χ2v) is 9.34. The van der Waals surface area contributed by atoms with Crippen LogP contribution in [0.2, 0.25) is 0 Å². The molecule has 2 aliphatic rings. The van der Waals surface area contributed by atoms with Gasteiger partial charge in [-0.05, 0) is 69.6 Å². The number of H-pyrrole nitrogens is 1. The number of nitrogens with one attached hydrogen (secondary N) is 1. The second kappa shape index (κ2) is 10.1. The van der Waals surface area contributed by atoms with Crippen molar-refractivity contribution >= 4 is 35.0 Å². The minimum atomic E-state index is 0. The van der Waals surface area contributed by atoms with Gasteiger partial charge in [-0.25, -0.2) is 4.79 Å². The molecule has 2 aromatic rings. The average molecular weight is 456 g/mol. The third-order valence-corrected chi connectivity index (χ3v) is 7.41. The van der Waals surface area contributed by atoms with Crippen LogP contribution in [-0.4, -0.2) is 45.8 Å². The zero-order chi connectivity index (χ0) is 20.4. The lowest BCUT2D eigenvalue weighted by Crippen LogP contribution is -2.53. The summed E-state index contributed by atoms with van der Waals surface area (Å²) in [6, 6.07) is 6.27. The predicted molar refractivity (Wildman–Crippen MR) is 126 cm³/mol. The summed E-state index contributed by atoms with van der Waals surface area (Å²) in [6.45, 7) is 7.59. The largest absolute Gasteiger partial charge is 0.378 e. The molecule has 1 aliphatic carbocycles. The summed E-state index contributed by atoms with van der Waals surface area (Å²) >= 11 is 6.02. The van der Waals surface area contributed by atoms with Crippen LogP contribution in [0.15, 0.2) is 23.0 Å². The first-order valence-electron chi connectivity index (χ1n) is 11.2. The molecule has 1 saturated carbocycles. The average Bonchev–Trinajstić information content (AvgIpc) is 3.08. The second-order valence-electron chi connectivity index (χ2n) is 9.07. The van der Waals surface area contributed by atoms with Crippen molar-refractivity contribution in [1.82, 2.24) is 14.5 Å². The van der Waals surface area contributed by atoms with E-state index in [1.54, 1.807) is 0 Å².